The Morgan fingerprint density at radius 1 is 1.17 bits per heavy atom. The van der Waals surface area contributed by atoms with Crippen molar-refractivity contribution < 1.29 is 14.3 Å². The number of halogens is 1. The van der Waals surface area contributed by atoms with Crippen LogP contribution in [0.3, 0.4) is 0 Å². The molecule has 0 spiro atoms. The molecule has 118 valence electrons. The number of hydrogen-bond acceptors (Lipinski definition) is 5. The second-order valence-corrected chi connectivity index (χ2v) is 5.47. The van der Waals surface area contributed by atoms with E-state index in [1.165, 1.54) is 6.20 Å². The third-order valence-corrected chi connectivity index (χ3v) is 3.43. The lowest BCUT2D eigenvalue weighted by Gasteiger charge is -2.18. The fourth-order valence-corrected chi connectivity index (χ4v) is 2.27. The Bertz CT molecular complexity index is 752. The number of ether oxygens (including phenoxy) is 2. The van der Waals surface area contributed by atoms with Crippen LogP contribution in [0.4, 0.5) is 5.82 Å². The van der Waals surface area contributed by atoms with E-state index in [2.05, 4.69) is 15.6 Å². The van der Waals surface area contributed by atoms with Crippen LogP contribution in [0.2, 0.25) is 5.02 Å². The van der Waals surface area contributed by atoms with Gasteiger partial charge in [-0.05, 0) is 42.5 Å². The second-order valence-electron chi connectivity index (χ2n) is 4.63. The van der Waals surface area contributed by atoms with Gasteiger partial charge in [-0.2, -0.15) is 0 Å². The molecular formula is C15H12ClN3O3S. The molecule has 8 heteroatoms. The predicted molar refractivity (Wildman–Crippen MR) is 90.4 cm³/mol. The molecule has 1 aromatic carbocycles. The van der Waals surface area contributed by atoms with Gasteiger partial charge in [0.1, 0.15) is 19.0 Å². The Morgan fingerprint density at radius 3 is 2.70 bits per heavy atom. The van der Waals surface area contributed by atoms with Crippen molar-refractivity contribution in [2.45, 2.75) is 0 Å². The van der Waals surface area contributed by atoms with Gasteiger partial charge in [0, 0.05) is 11.8 Å². The minimum absolute atomic E-state index is 0.139. The minimum atomic E-state index is -0.353. The number of fused-ring (bicyclic) bond motifs is 1. The molecule has 1 aromatic heterocycles. The Kier molecular flexibility index (Phi) is 4.59. The van der Waals surface area contributed by atoms with Crippen molar-refractivity contribution in [3.05, 3.63) is 47.1 Å². The van der Waals surface area contributed by atoms with Crippen LogP contribution in [0.15, 0.2) is 36.5 Å². The molecule has 23 heavy (non-hydrogen) atoms. The van der Waals surface area contributed by atoms with Crippen LogP contribution in [0.25, 0.3) is 0 Å². The zero-order valence-corrected chi connectivity index (χ0v) is 13.4. The smallest absolute Gasteiger partial charge is 0.257 e. The number of thiocarbonyl (C=S) groups is 1. The van der Waals surface area contributed by atoms with Gasteiger partial charge in [0.25, 0.3) is 5.91 Å². The third-order valence-electron chi connectivity index (χ3n) is 3.00. The standard InChI is InChI=1S/C15H12ClN3O3S/c16-10-2-4-13(17-8-10)18-15(23)19-14(20)9-1-3-11-12(7-9)22-6-5-21-11/h1-4,7-8H,5-6H2,(H2,17,18,19,20,23). The van der Waals surface area contributed by atoms with Crippen LogP contribution in [0, 0.1) is 0 Å². The molecule has 0 fully saturated rings. The van der Waals surface area contributed by atoms with E-state index in [1.54, 1.807) is 30.3 Å². The lowest BCUT2D eigenvalue weighted by atomic mass is 10.2. The first-order chi connectivity index (χ1) is 11.1. The molecule has 0 unspecified atom stereocenters. The van der Waals surface area contributed by atoms with Gasteiger partial charge in [0.15, 0.2) is 16.6 Å². The summed E-state index contributed by atoms with van der Waals surface area (Å²) in [6, 6.07) is 8.28. The Hall–Kier alpha value is -2.38. The Morgan fingerprint density at radius 2 is 1.96 bits per heavy atom. The molecule has 1 aliphatic heterocycles. The summed E-state index contributed by atoms with van der Waals surface area (Å²) in [4.78, 5) is 16.2. The summed E-state index contributed by atoms with van der Waals surface area (Å²) in [5, 5.41) is 6.04. The SMILES string of the molecule is O=C(NC(=S)Nc1ccc(Cl)cn1)c1ccc2c(c1)OCCO2. The summed E-state index contributed by atoms with van der Waals surface area (Å²) in [6.45, 7) is 0.959. The number of carbonyl (C=O) groups excluding carboxylic acids is 1. The molecule has 0 aliphatic carbocycles. The van der Waals surface area contributed by atoms with Gasteiger partial charge in [-0.25, -0.2) is 4.98 Å². The molecule has 6 nitrogen and oxygen atoms in total. The van der Waals surface area contributed by atoms with Gasteiger partial charge in [0.2, 0.25) is 0 Å². The fourth-order valence-electron chi connectivity index (χ4n) is 1.96. The fraction of sp³-hybridized carbons (Fsp3) is 0.133. The number of pyridine rings is 1. The third kappa shape index (κ3) is 3.88. The van der Waals surface area contributed by atoms with Crippen molar-refractivity contribution >= 4 is 40.7 Å². The predicted octanol–water partition coefficient (Wildman–Crippen LogP) is 2.63. The maximum absolute atomic E-state index is 12.2. The highest BCUT2D eigenvalue weighted by Gasteiger charge is 2.15. The Balaban J connectivity index is 1.64. The first-order valence-electron chi connectivity index (χ1n) is 6.75. The zero-order chi connectivity index (χ0) is 16.2. The molecular weight excluding hydrogens is 338 g/mol. The highest BCUT2D eigenvalue weighted by Crippen LogP contribution is 2.30. The number of nitrogens with one attached hydrogen (secondary N) is 2. The van der Waals surface area contributed by atoms with Crippen molar-refractivity contribution in [2.24, 2.45) is 0 Å². The summed E-state index contributed by atoms with van der Waals surface area (Å²) in [5.41, 5.74) is 0.419. The molecule has 0 saturated carbocycles. The quantitative estimate of drug-likeness (QED) is 0.812. The van der Waals surface area contributed by atoms with Crippen LogP contribution in [0.1, 0.15) is 10.4 Å². The number of benzene rings is 1. The number of rotatable bonds is 2. The van der Waals surface area contributed by atoms with Gasteiger partial charge in [0.05, 0.1) is 5.02 Å². The first kappa shape index (κ1) is 15.5. The summed E-state index contributed by atoms with van der Waals surface area (Å²) < 4.78 is 10.9. The van der Waals surface area contributed by atoms with Crippen molar-refractivity contribution in [3.8, 4) is 11.5 Å². The van der Waals surface area contributed by atoms with Crippen LogP contribution in [0.5, 0.6) is 11.5 Å². The maximum atomic E-state index is 12.2. The lowest BCUT2D eigenvalue weighted by Crippen LogP contribution is -2.34. The summed E-state index contributed by atoms with van der Waals surface area (Å²) in [5.74, 6) is 1.30. The van der Waals surface area contributed by atoms with E-state index in [0.717, 1.165) is 0 Å². The number of aromatic nitrogens is 1. The summed E-state index contributed by atoms with van der Waals surface area (Å²) in [7, 11) is 0. The molecule has 2 heterocycles. The van der Waals surface area contributed by atoms with E-state index in [9.17, 15) is 4.79 Å². The number of anilines is 1. The number of carbonyl (C=O) groups is 1. The van der Waals surface area contributed by atoms with Gasteiger partial charge in [-0.15, -0.1) is 0 Å². The highest BCUT2D eigenvalue weighted by atomic mass is 35.5. The topological polar surface area (TPSA) is 72.5 Å². The van der Waals surface area contributed by atoms with Crippen LogP contribution in [-0.2, 0) is 0 Å². The normalized spacial score (nSPS) is 12.4. The molecule has 1 aliphatic rings. The Labute approximate surface area is 142 Å². The van der Waals surface area contributed by atoms with E-state index >= 15 is 0 Å². The zero-order valence-electron chi connectivity index (χ0n) is 11.8. The van der Waals surface area contributed by atoms with Crippen molar-refractivity contribution in [3.63, 3.8) is 0 Å². The lowest BCUT2D eigenvalue weighted by molar-refractivity contribution is 0.0976. The number of nitrogens with zero attached hydrogens (tertiary/aromatic N) is 1. The molecule has 1 amide bonds. The average Bonchev–Trinajstić information content (AvgIpc) is 2.56. The molecule has 3 rings (SSSR count). The first-order valence-corrected chi connectivity index (χ1v) is 7.54. The van der Waals surface area contributed by atoms with Gasteiger partial charge < -0.3 is 14.8 Å². The van der Waals surface area contributed by atoms with Gasteiger partial charge in [-0.3, -0.25) is 10.1 Å². The molecule has 0 saturated heterocycles. The van der Waals surface area contributed by atoms with Gasteiger partial charge in [-0.1, -0.05) is 11.6 Å². The maximum Gasteiger partial charge on any atom is 0.257 e. The van der Waals surface area contributed by atoms with E-state index < -0.39 is 0 Å². The molecule has 0 bridgehead atoms. The van der Waals surface area contributed by atoms with E-state index in [-0.39, 0.29) is 11.0 Å². The highest BCUT2D eigenvalue weighted by molar-refractivity contribution is 7.80. The van der Waals surface area contributed by atoms with E-state index in [0.29, 0.717) is 41.1 Å². The molecule has 0 radical (unpaired) electrons. The number of hydrogen-bond donors (Lipinski definition) is 2. The molecule has 0 atom stereocenters. The monoisotopic (exact) mass is 349 g/mol. The summed E-state index contributed by atoms with van der Waals surface area (Å²) >= 11 is 10.8. The van der Waals surface area contributed by atoms with Crippen molar-refractivity contribution in [1.82, 2.24) is 10.3 Å². The largest absolute Gasteiger partial charge is 0.486 e. The average molecular weight is 350 g/mol. The van der Waals surface area contributed by atoms with Crippen molar-refractivity contribution in [2.75, 3.05) is 18.5 Å². The molecule has 2 aromatic rings. The number of amides is 1. The minimum Gasteiger partial charge on any atom is -0.486 e. The second kappa shape index (κ2) is 6.80. The summed E-state index contributed by atoms with van der Waals surface area (Å²) in [6.07, 6.45) is 1.48. The van der Waals surface area contributed by atoms with E-state index in [1.807, 2.05) is 0 Å². The van der Waals surface area contributed by atoms with Gasteiger partial charge >= 0.3 is 0 Å². The van der Waals surface area contributed by atoms with Crippen molar-refractivity contribution in [1.29, 1.82) is 0 Å². The van der Waals surface area contributed by atoms with Crippen LogP contribution < -0.4 is 20.1 Å². The van der Waals surface area contributed by atoms with Crippen LogP contribution >= 0.6 is 23.8 Å². The molecule has 2 N–H and O–H groups in total. The van der Waals surface area contributed by atoms with E-state index in [4.69, 9.17) is 33.3 Å². The van der Waals surface area contributed by atoms with Crippen LogP contribution in [-0.4, -0.2) is 29.2 Å².